The number of amides is 1. The zero-order valence-electron chi connectivity index (χ0n) is 11.6. The van der Waals surface area contributed by atoms with Gasteiger partial charge < -0.3 is 10.6 Å². The molecule has 1 aromatic carbocycles. The van der Waals surface area contributed by atoms with Crippen molar-refractivity contribution in [1.82, 2.24) is 4.98 Å². The quantitative estimate of drug-likeness (QED) is 0.886. The molecule has 21 heavy (non-hydrogen) atoms. The Hall–Kier alpha value is -1.95. The number of aryl methyl sites for hydroxylation is 1. The van der Waals surface area contributed by atoms with Crippen LogP contribution in [0.2, 0.25) is 0 Å². The number of nitrogens with zero attached hydrogens (tertiary/aromatic N) is 1. The van der Waals surface area contributed by atoms with Crippen LogP contribution in [0.5, 0.6) is 0 Å². The molecular formula is C15H16FN3OS. The summed E-state index contributed by atoms with van der Waals surface area (Å²) < 4.78 is 14.0. The number of aromatic nitrogens is 1. The molecule has 2 N–H and O–H groups in total. The summed E-state index contributed by atoms with van der Waals surface area (Å²) in [7, 11) is 0. The van der Waals surface area contributed by atoms with Crippen molar-refractivity contribution in [2.75, 3.05) is 10.6 Å². The van der Waals surface area contributed by atoms with E-state index in [4.69, 9.17) is 0 Å². The first-order valence-electron chi connectivity index (χ1n) is 6.98. The van der Waals surface area contributed by atoms with Crippen molar-refractivity contribution in [1.29, 1.82) is 0 Å². The van der Waals surface area contributed by atoms with Gasteiger partial charge in [0.25, 0.3) is 5.91 Å². The van der Waals surface area contributed by atoms with Gasteiger partial charge in [-0.2, -0.15) is 0 Å². The van der Waals surface area contributed by atoms with E-state index in [0.29, 0.717) is 16.6 Å². The lowest BCUT2D eigenvalue weighted by Gasteiger charge is -2.12. The smallest absolute Gasteiger partial charge is 0.267 e. The predicted octanol–water partition coefficient (Wildman–Crippen LogP) is 3.67. The lowest BCUT2D eigenvalue weighted by molar-refractivity contribution is 0.103. The Morgan fingerprint density at radius 2 is 2.29 bits per heavy atom. The highest BCUT2D eigenvalue weighted by Crippen LogP contribution is 2.31. The first kappa shape index (κ1) is 14.0. The van der Waals surface area contributed by atoms with Crippen LogP contribution in [-0.4, -0.2) is 16.9 Å². The molecule has 0 radical (unpaired) electrons. The van der Waals surface area contributed by atoms with Crippen LogP contribution >= 0.6 is 11.3 Å². The number of carbonyl (C=O) groups is 1. The van der Waals surface area contributed by atoms with E-state index in [2.05, 4.69) is 15.6 Å². The molecule has 6 heteroatoms. The highest BCUT2D eigenvalue weighted by molar-refractivity contribution is 7.13. The van der Waals surface area contributed by atoms with Crippen LogP contribution in [0.25, 0.3) is 0 Å². The van der Waals surface area contributed by atoms with Crippen molar-refractivity contribution in [3.05, 3.63) is 40.1 Å². The number of benzene rings is 1. The maximum absolute atomic E-state index is 14.0. The van der Waals surface area contributed by atoms with Gasteiger partial charge in [0, 0.05) is 6.04 Å². The number of hydrogen-bond acceptors (Lipinski definition) is 4. The summed E-state index contributed by atoms with van der Waals surface area (Å²) in [5, 5.41) is 6.78. The summed E-state index contributed by atoms with van der Waals surface area (Å²) >= 11 is 1.33. The molecule has 1 heterocycles. The fourth-order valence-corrected chi connectivity index (χ4v) is 2.73. The topological polar surface area (TPSA) is 54.0 Å². The molecule has 0 bridgehead atoms. The molecule has 2 aromatic rings. The van der Waals surface area contributed by atoms with Crippen molar-refractivity contribution >= 4 is 28.6 Å². The van der Waals surface area contributed by atoms with E-state index < -0.39 is 5.82 Å². The molecule has 4 nitrogen and oxygen atoms in total. The van der Waals surface area contributed by atoms with Gasteiger partial charge in [-0.3, -0.25) is 4.79 Å². The Balaban J connectivity index is 1.81. The van der Waals surface area contributed by atoms with Crippen molar-refractivity contribution in [3.8, 4) is 0 Å². The first-order valence-corrected chi connectivity index (χ1v) is 7.80. The van der Waals surface area contributed by atoms with Crippen molar-refractivity contribution in [3.63, 3.8) is 0 Å². The van der Waals surface area contributed by atoms with E-state index in [1.807, 2.05) is 6.92 Å². The number of thiazole rings is 1. The molecule has 1 aliphatic carbocycles. The molecule has 1 amide bonds. The molecule has 1 fully saturated rings. The average molecular weight is 305 g/mol. The van der Waals surface area contributed by atoms with Crippen LogP contribution < -0.4 is 10.6 Å². The van der Waals surface area contributed by atoms with Gasteiger partial charge in [-0.05, 0) is 31.4 Å². The number of carbonyl (C=O) groups excluding carboxylic acids is 1. The molecule has 0 unspecified atom stereocenters. The monoisotopic (exact) mass is 305 g/mol. The molecule has 0 atom stereocenters. The minimum Gasteiger partial charge on any atom is -0.381 e. The second-order valence-corrected chi connectivity index (χ2v) is 6.12. The van der Waals surface area contributed by atoms with Crippen LogP contribution in [0.1, 0.15) is 34.4 Å². The Morgan fingerprint density at radius 1 is 1.48 bits per heavy atom. The third kappa shape index (κ3) is 3.21. The fraction of sp³-hybridized carbons (Fsp3) is 0.333. The van der Waals surface area contributed by atoms with Gasteiger partial charge in [-0.1, -0.05) is 13.0 Å². The number of hydrogen-bond donors (Lipinski definition) is 2. The maximum Gasteiger partial charge on any atom is 0.267 e. The zero-order valence-corrected chi connectivity index (χ0v) is 12.5. The summed E-state index contributed by atoms with van der Waals surface area (Å²) in [5.74, 6) is -0.759. The lowest BCUT2D eigenvalue weighted by Crippen LogP contribution is -2.14. The number of nitrogens with one attached hydrogen (secondary N) is 2. The Labute approximate surface area is 126 Å². The van der Waals surface area contributed by atoms with Gasteiger partial charge in [0.05, 0.1) is 16.9 Å². The molecule has 0 spiro atoms. The Morgan fingerprint density at radius 3 is 2.95 bits per heavy atom. The van der Waals surface area contributed by atoms with Crippen molar-refractivity contribution in [2.45, 2.75) is 32.2 Å². The third-order valence-electron chi connectivity index (χ3n) is 3.27. The van der Waals surface area contributed by atoms with Gasteiger partial charge in [0.15, 0.2) is 0 Å². The number of para-hydroxylation sites is 1. The minimum atomic E-state index is -0.436. The Kier molecular flexibility index (Phi) is 3.88. The zero-order chi connectivity index (χ0) is 14.8. The molecule has 0 aliphatic heterocycles. The highest BCUT2D eigenvalue weighted by atomic mass is 32.1. The molecular weight excluding hydrogens is 289 g/mol. The molecule has 1 aromatic heterocycles. The summed E-state index contributed by atoms with van der Waals surface area (Å²) in [4.78, 5) is 16.9. The first-order chi connectivity index (χ1) is 10.2. The van der Waals surface area contributed by atoms with Crippen LogP contribution in [0, 0.1) is 5.82 Å². The van der Waals surface area contributed by atoms with Crippen LogP contribution in [0.15, 0.2) is 24.4 Å². The minimum absolute atomic E-state index is 0.209. The van der Waals surface area contributed by atoms with Crippen molar-refractivity contribution < 1.29 is 9.18 Å². The number of halogens is 1. The summed E-state index contributed by atoms with van der Waals surface area (Å²) in [6.45, 7) is 1.98. The van der Waals surface area contributed by atoms with Gasteiger partial charge in [-0.25, -0.2) is 9.37 Å². The van der Waals surface area contributed by atoms with E-state index in [1.165, 1.54) is 23.6 Å². The summed E-state index contributed by atoms with van der Waals surface area (Å²) in [6.07, 6.45) is 4.48. The van der Waals surface area contributed by atoms with Crippen LogP contribution in [0.4, 0.5) is 15.8 Å². The number of anilines is 2. The van der Waals surface area contributed by atoms with Gasteiger partial charge in [0.2, 0.25) is 0 Å². The normalized spacial score (nSPS) is 14.0. The molecule has 1 saturated carbocycles. The van der Waals surface area contributed by atoms with Gasteiger partial charge >= 0.3 is 0 Å². The second kappa shape index (κ2) is 5.81. The van der Waals surface area contributed by atoms with E-state index in [9.17, 15) is 9.18 Å². The molecule has 110 valence electrons. The summed E-state index contributed by atoms with van der Waals surface area (Å²) in [5.41, 5.74) is 0.840. The Bertz CT molecular complexity index is 667. The molecule has 1 aliphatic rings. The van der Waals surface area contributed by atoms with E-state index >= 15 is 0 Å². The third-order valence-corrected chi connectivity index (χ3v) is 4.41. The average Bonchev–Trinajstić information content (AvgIpc) is 3.16. The standard InChI is InChI=1S/C15H16FN3OS/c1-2-13-17-8-12(21-13)15(20)19-14-10(16)4-3-5-11(14)18-9-6-7-9/h3-5,8-9,18H,2,6-7H2,1H3,(H,19,20). The van der Waals surface area contributed by atoms with Crippen molar-refractivity contribution in [2.24, 2.45) is 0 Å². The van der Waals surface area contributed by atoms with E-state index in [-0.39, 0.29) is 11.6 Å². The maximum atomic E-state index is 14.0. The largest absolute Gasteiger partial charge is 0.381 e. The molecule has 3 rings (SSSR count). The second-order valence-electron chi connectivity index (χ2n) is 5.01. The van der Waals surface area contributed by atoms with E-state index in [1.54, 1.807) is 12.1 Å². The van der Waals surface area contributed by atoms with Crippen LogP contribution in [0.3, 0.4) is 0 Å². The fourth-order valence-electron chi connectivity index (χ4n) is 1.97. The van der Waals surface area contributed by atoms with Crippen LogP contribution in [-0.2, 0) is 6.42 Å². The molecule has 0 saturated heterocycles. The predicted molar refractivity (Wildman–Crippen MR) is 82.5 cm³/mol. The SMILES string of the molecule is CCc1ncc(C(=O)Nc2c(F)cccc2NC2CC2)s1. The highest BCUT2D eigenvalue weighted by Gasteiger charge is 2.23. The van der Waals surface area contributed by atoms with Gasteiger partial charge in [0.1, 0.15) is 16.4 Å². The van der Waals surface area contributed by atoms with Gasteiger partial charge in [-0.15, -0.1) is 11.3 Å². The number of rotatable bonds is 5. The lowest BCUT2D eigenvalue weighted by atomic mass is 10.2. The summed E-state index contributed by atoms with van der Waals surface area (Å²) in [6, 6.07) is 5.15. The van der Waals surface area contributed by atoms with E-state index in [0.717, 1.165) is 24.3 Å².